The van der Waals surface area contributed by atoms with E-state index in [4.69, 9.17) is 9.47 Å². The molecule has 0 amide bonds. The lowest BCUT2D eigenvalue weighted by Gasteiger charge is -2.40. The largest absolute Gasteiger partial charge is 0.453 e. The standard InChI is InChI=1S/C15H20O4/c1-9-10(2)13(15(17)18-11(9)3)19-14(16)12-7-5-4-6-8-12/h4-11,13,15,17H,1-3H3/t9-,10+,11?,13?,15?/m1/s1. The van der Waals surface area contributed by atoms with Crippen LogP contribution in [0.3, 0.4) is 0 Å². The molecule has 19 heavy (non-hydrogen) atoms. The van der Waals surface area contributed by atoms with Crippen molar-refractivity contribution in [2.24, 2.45) is 11.8 Å². The van der Waals surface area contributed by atoms with Crippen molar-refractivity contribution in [2.75, 3.05) is 0 Å². The molecule has 1 aliphatic heterocycles. The van der Waals surface area contributed by atoms with Gasteiger partial charge in [-0.25, -0.2) is 4.79 Å². The predicted octanol–water partition coefficient (Wildman–Crippen LogP) is 2.22. The third-order valence-corrected chi connectivity index (χ3v) is 3.98. The molecule has 0 aromatic heterocycles. The first-order chi connectivity index (χ1) is 9.00. The molecule has 1 aromatic carbocycles. The van der Waals surface area contributed by atoms with E-state index in [-0.39, 0.29) is 17.9 Å². The fourth-order valence-corrected chi connectivity index (χ4v) is 2.34. The van der Waals surface area contributed by atoms with Gasteiger partial charge in [-0.3, -0.25) is 0 Å². The van der Waals surface area contributed by atoms with Crippen LogP contribution in [0.15, 0.2) is 30.3 Å². The predicted molar refractivity (Wildman–Crippen MR) is 70.5 cm³/mol. The first kappa shape index (κ1) is 14.0. The Morgan fingerprint density at radius 2 is 1.79 bits per heavy atom. The second kappa shape index (κ2) is 5.72. The van der Waals surface area contributed by atoms with E-state index in [1.54, 1.807) is 24.3 Å². The summed E-state index contributed by atoms with van der Waals surface area (Å²) in [5.41, 5.74) is 0.480. The number of hydrogen-bond donors (Lipinski definition) is 1. The van der Waals surface area contributed by atoms with E-state index in [0.29, 0.717) is 5.56 Å². The van der Waals surface area contributed by atoms with E-state index in [9.17, 15) is 9.90 Å². The highest BCUT2D eigenvalue weighted by molar-refractivity contribution is 5.89. The minimum absolute atomic E-state index is 0.0447. The van der Waals surface area contributed by atoms with Crippen LogP contribution in [-0.2, 0) is 9.47 Å². The average Bonchev–Trinajstić information content (AvgIpc) is 2.42. The van der Waals surface area contributed by atoms with Crippen LogP contribution in [0, 0.1) is 11.8 Å². The summed E-state index contributed by atoms with van der Waals surface area (Å²) in [5.74, 6) is -0.162. The molecule has 4 heteroatoms. The van der Waals surface area contributed by atoms with Gasteiger partial charge in [-0.2, -0.15) is 0 Å². The highest BCUT2D eigenvalue weighted by Gasteiger charge is 2.41. The highest BCUT2D eigenvalue weighted by atomic mass is 16.6. The van der Waals surface area contributed by atoms with Crippen LogP contribution < -0.4 is 0 Å². The van der Waals surface area contributed by atoms with Crippen LogP contribution in [0.4, 0.5) is 0 Å². The first-order valence-corrected chi connectivity index (χ1v) is 6.60. The zero-order chi connectivity index (χ0) is 14.0. The van der Waals surface area contributed by atoms with Gasteiger partial charge in [0.1, 0.15) is 0 Å². The Hall–Kier alpha value is -1.39. The fourth-order valence-electron chi connectivity index (χ4n) is 2.34. The molecule has 1 aliphatic rings. The summed E-state index contributed by atoms with van der Waals surface area (Å²) in [4.78, 5) is 12.0. The lowest BCUT2D eigenvalue weighted by atomic mass is 9.84. The maximum Gasteiger partial charge on any atom is 0.338 e. The van der Waals surface area contributed by atoms with Gasteiger partial charge < -0.3 is 14.6 Å². The van der Waals surface area contributed by atoms with Gasteiger partial charge in [0, 0.05) is 5.92 Å². The Bertz CT molecular complexity index is 431. The highest BCUT2D eigenvalue weighted by Crippen LogP contribution is 2.31. The van der Waals surface area contributed by atoms with Gasteiger partial charge >= 0.3 is 5.97 Å². The molecule has 0 bridgehead atoms. The number of benzene rings is 1. The van der Waals surface area contributed by atoms with Crippen molar-refractivity contribution in [3.8, 4) is 0 Å². The molecule has 4 nitrogen and oxygen atoms in total. The number of aliphatic hydroxyl groups excluding tert-OH is 1. The van der Waals surface area contributed by atoms with Gasteiger partial charge in [0.15, 0.2) is 12.4 Å². The summed E-state index contributed by atoms with van der Waals surface area (Å²) in [5, 5.41) is 9.92. The monoisotopic (exact) mass is 264 g/mol. The molecule has 0 aliphatic carbocycles. The Morgan fingerprint density at radius 1 is 1.16 bits per heavy atom. The number of esters is 1. The number of carbonyl (C=O) groups excluding carboxylic acids is 1. The molecule has 1 heterocycles. The molecular weight excluding hydrogens is 244 g/mol. The van der Waals surface area contributed by atoms with E-state index < -0.39 is 18.4 Å². The van der Waals surface area contributed by atoms with E-state index in [1.807, 2.05) is 26.8 Å². The van der Waals surface area contributed by atoms with E-state index in [1.165, 1.54) is 0 Å². The molecule has 1 N–H and O–H groups in total. The molecule has 2 rings (SSSR count). The third-order valence-electron chi connectivity index (χ3n) is 3.98. The third kappa shape index (κ3) is 2.96. The van der Waals surface area contributed by atoms with E-state index >= 15 is 0 Å². The van der Waals surface area contributed by atoms with Crippen molar-refractivity contribution in [2.45, 2.75) is 39.3 Å². The van der Waals surface area contributed by atoms with Crippen LogP contribution in [0.5, 0.6) is 0 Å². The smallest absolute Gasteiger partial charge is 0.338 e. The Morgan fingerprint density at radius 3 is 2.42 bits per heavy atom. The minimum atomic E-state index is -1.06. The zero-order valence-electron chi connectivity index (χ0n) is 11.4. The molecule has 5 atom stereocenters. The normalized spacial score (nSPS) is 34.8. The quantitative estimate of drug-likeness (QED) is 0.832. The van der Waals surface area contributed by atoms with Crippen molar-refractivity contribution in [3.63, 3.8) is 0 Å². The summed E-state index contributed by atoms with van der Waals surface area (Å²) in [6, 6.07) is 8.77. The van der Waals surface area contributed by atoms with Crippen LogP contribution in [0.1, 0.15) is 31.1 Å². The first-order valence-electron chi connectivity index (χ1n) is 6.60. The van der Waals surface area contributed by atoms with Crippen molar-refractivity contribution in [1.29, 1.82) is 0 Å². The average molecular weight is 264 g/mol. The fraction of sp³-hybridized carbons (Fsp3) is 0.533. The number of ether oxygens (including phenoxy) is 2. The van der Waals surface area contributed by atoms with Gasteiger partial charge in [0.05, 0.1) is 11.7 Å². The van der Waals surface area contributed by atoms with Crippen LogP contribution in [0.2, 0.25) is 0 Å². The summed E-state index contributed by atoms with van der Waals surface area (Å²) in [6.45, 7) is 5.92. The van der Waals surface area contributed by atoms with E-state index in [2.05, 4.69) is 0 Å². The Labute approximate surface area is 113 Å². The maximum atomic E-state index is 12.0. The van der Waals surface area contributed by atoms with Gasteiger partial charge in [-0.15, -0.1) is 0 Å². The molecule has 104 valence electrons. The summed E-state index contributed by atoms with van der Waals surface area (Å²) >= 11 is 0. The summed E-state index contributed by atoms with van der Waals surface area (Å²) in [6.07, 6.45) is -1.73. The lowest BCUT2D eigenvalue weighted by Crippen LogP contribution is -2.50. The lowest BCUT2D eigenvalue weighted by molar-refractivity contribution is -0.245. The topological polar surface area (TPSA) is 55.8 Å². The van der Waals surface area contributed by atoms with Gasteiger partial charge in [0.25, 0.3) is 0 Å². The van der Waals surface area contributed by atoms with Gasteiger partial charge in [-0.05, 0) is 25.0 Å². The molecule has 1 saturated heterocycles. The van der Waals surface area contributed by atoms with Crippen molar-refractivity contribution >= 4 is 5.97 Å². The van der Waals surface area contributed by atoms with Crippen LogP contribution in [0.25, 0.3) is 0 Å². The maximum absolute atomic E-state index is 12.0. The second-order valence-corrected chi connectivity index (χ2v) is 5.19. The van der Waals surface area contributed by atoms with Crippen molar-refractivity contribution in [3.05, 3.63) is 35.9 Å². The van der Waals surface area contributed by atoms with Gasteiger partial charge in [0.2, 0.25) is 0 Å². The van der Waals surface area contributed by atoms with Gasteiger partial charge in [-0.1, -0.05) is 32.0 Å². The SMILES string of the molecule is CC1OC(O)C(OC(=O)c2ccccc2)[C@@H](C)[C@H]1C. The number of aliphatic hydroxyl groups is 1. The molecular formula is C15H20O4. The second-order valence-electron chi connectivity index (χ2n) is 5.19. The van der Waals surface area contributed by atoms with Crippen molar-refractivity contribution < 1.29 is 19.4 Å². The number of carbonyl (C=O) groups is 1. The molecule has 0 radical (unpaired) electrons. The van der Waals surface area contributed by atoms with Crippen LogP contribution in [-0.4, -0.2) is 29.6 Å². The summed E-state index contributed by atoms with van der Waals surface area (Å²) in [7, 11) is 0. The molecule has 1 aromatic rings. The number of hydrogen-bond acceptors (Lipinski definition) is 4. The Balaban J connectivity index is 2.08. The molecule has 0 spiro atoms. The minimum Gasteiger partial charge on any atom is -0.453 e. The number of rotatable bonds is 2. The summed E-state index contributed by atoms with van der Waals surface area (Å²) < 4.78 is 10.8. The van der Waals surface area contributed by atoms with Crippen molar-refractivity contribution in [1.82, 2.24) is 0 Å². The Kier molecular flexibility index (Phi) is 4.22. The van der Waals surface area contributed by atoms with E-state index in [0.717, 1.165) is 0 Å². The van der Waals surface area contributed by atoms with Crippen LogP contribution >= 0.6 is 0 Å². The molecule has 1 fully saturated rings. The zero-order valence-corrected chi connectivity index (χ0v) is 11.4. The molecule has 0 saturated carbocycles. The molecule has 3 unspecified atom stereocenters.